The Morgan fingerprint density at radius 1 is 1.31 bits per heavy atom. The molecule has 2 N–H and O–H groups in total. The van der Waals surface area contributed by atoms with Crippen molar-refractivity contribution in [2.45, 2.75) is 13.5 Å². The van der Waals surface area contributed by atoms with E-state index in [1.165, 1.54) is 0 Å². The van der Waals surface area contributed by atoms with Crippen molar-refractivity contribution in [1.29, 1.82) is 0 Å². The van der Waals surface area contributed by atoms with Crippen LogP contribution in [0.25, 0.3) is 0 Å². The van der Waals surface area contributed by atoms with Crippen LogP contribution >= 0.6 is 23.2 Å². The lowest BCUT2D eigenvalue weighted by atomic mass is 10.2. The Morgan fingerprint density at radius 3 is 2.69 bits per heavy atom. The molecule has 0 saturated heterocycles. The molecule has 0 fully saturated rings. The molecule has 1 amide bonds. The average molecular weight is 261 g/mol. The molecule has 0 spiro atoms. The van der Waals surface area contributed by atoms with Gasteiger partial charge in [0.05, 0.1) is 16.6 Å². The van der Waals surface area contributed by atoms with Crippen molar-refractivity contribution in [3.8, 4) is 0 Å². The van der Waals surface area contributed by atoms with Crippen LogP contribution in [0.4, 0.5) is 0 Å². The first kappa shape index (κ1) is 13.3. The predicted molar refractivity (Wildman–Crippen MR) is 66.9 cm³/mol. The van der Waals surface area contributed by atoms with E-state index in [0.717, 1.165) is 12.1 Å². The van der Waals surface area contributed by atoms with E-state index in [1.54, 1.807) is 12.1 Å². The van der Waals surface area contributed by atoms with Crippen LogP contribution in [0.5, 0.6) is 0 Å². The number of hydrogen-bond donors (Lipinski definition) is 2. The van der Waals surface area contributed by atoms with Crippen LogP contribution in [0.2, 0.25) is 10.0 Å². The molecule has 1 rings (SSSR count). The molecule has 0 heterocycles. The summed E-state index contributed by atoms with van der Waals surface area (Å²) >= 11 is 11.6. The van der Waals surface area contributed by atoms with Crippen molar-refractivity contribution in [3.05, 3.63) is 33.8 Å². The van der Waals surface area contributed by atoms with Crippen molar-refractivity contribution in [2.24, 2.45) is 0 Å². The van der Waals surface area contributed by atoms with Gasteiger partial charge in [0.25, 0.3) is 0 Å². The number of likely N-dealkylation sites (N-methyl/N-ethyl adjacent to an activating group) is 1. The maximum Gasteiger partial charge on any atom is 0.234 e. The van der Waals surface area contributed by atoms with Crippen molar-refractivity contribution in [3.63, 3.8) is 0 Å². The van der Waals surface area contributed by atoms with Gasteiger partial charge in [0.2, 0.25) is 5.91 Å². The first-order valence-corrected chi connectivity index (χ1v) is 5.80. The fraction of sp³-hybridized carbons (Fsp3) is 0.364. The zero-order chi connectivity index (χ0) is 12.0. The van der Waals surface area contributed by atoms with Gasteiger partial charge in [-0.2, -0.15) is 0 Å². The van der Waals surface area contributed by atoms with E-state index in [2.05, 4.69) is 10.6 Å². The molecule has 88 valence electrons. The molecule has 0 atom stereocenters. The van der Waals surface area contributed by atoms with Gasteiger partial charge in [-0.25, -0.2) is 0 Å². The maximum atomic E-state index is 11.3. The lowest BCUT2D eigenvalue weighted by Gasteiger charge is -2.06. The van der Waals surface area contributed by atoms with Crippen LogP contribution in [-0.4, -0.2) is 19.0 Å². The van der Waals surface area contributed by atoms with E-state index in [-0.39, 0.29) is 5.91 Å². The Kier molecular flexibility index (Phi) is 5.60. The van der Waals surface area contributed by atoms with Gasteiger partial charge >= 0.3 is 0 Å². The van der Waals surface area contributed by atoms with Crippen molar-refractivity contribution >= 4 is 29.1 Å². The highest BCUT2D eigenvalue weighted by molar-refractivity contribution is 6.42. The molecule has 3 nitrogen and oxygen atoms in total. The van der Waals surface area contributed by atoms with Crippen LogP contribution in [-0.2, 0) is 11.3 Å². The molecule has 0 aromatic heterocycles. The average Bonchev–Trinajstić information content (AvgIpc) is 2.28. The van der Waals surface area contributed by atoms with Crippen LogP contribution in [0, 0.1) is 0 Å². The molecule has 16 heavy (non-hydrogen) atoms. The molecule has 0 saturated carbocycles. The molecule has 5 heteroatoms. The number of hydrogen-bond acceptors (Lipinski definition) is 2. The first-order chi connectivity index (χ1) is 7.63. The third-order valence-corrected chi connectivity index (χ3v) is 2.75. The molecular formula is C11H14Cl2N2O. The fourth-order valence-electron chi connectivity index (χ4n) is 1.15. The molecule has 0 unspecified atom stereocenters. The minimum atomic E-state index is -0.0343. The summed E-state index contributed by atoms with van der Waals surface area (Å²) in [6, 6.07) is 5.30. The molecule has 0 aliphatic carbocycles. The largest absolute Gasteiger partial charge is 0.351 e. The van der Waals surface area contributed by atoms with Crippen LogP contribution in [0.1, 0.15) is 12.5 Å². The molecule has 0 aliphatic rings. The van der Waals surface area contributed by atoms with E-state index in [4.69, 9.17) is 23.2 Å². The summed E-state index contributed by atoms with van der Waals surface area (Å²) in [5.74, 6) is -0.0343. The Bertz CT molecular complexity index is 369. The zero-order valence-electron chi connectivity index (χ0n) is 9.02. The van der Waals surface area contributed by atoms with Gasteiger partial charge in [-0.15, -0.1) is 0 Å². The standard InChI is InChI=1S/C11H14Cl2N2O/c1-2-14-7-11(16)15-6-8-3-4-9(12)10(13)5-8/h3-5,14H,2,6-7H2,1H3,(H,15,16). The Labute approximate surface area is 105 Å². The maximum absolute atomic E-state index is 11.3. The van der Waals surface area contributed by atoms with Crippen LogP contribution in [0.15, 0.2) is 18.2 Å². The smallest absolute Gasteiger partial charge is 0.234 e. The second-order valence-corrected chi connectivity index (χ2v) is 4.12. The summed E-state index contributed by atoms with van der Waals surface area (Å²) < 4.78 is 0. The number of carbonyl (C=O) groups is 1. The third kappa shape index (κ3) is 4.39. The van der Waals surface area contributed by atoms with E-state index in [0.29, 0.717) is 23.1 Å². The quantitative estimate of drug-likeness (QED) is 0.853. The van der Waals surface area contributed by atoms with Gasteiger partial charge in [0, 0.05) is 6.54 Å². The van der Waals surface area contributed by atoms with Crippen molar-refractivity contribution in [2.75, 3.05) is 13.1 Å². The first-order valence-electron chi connectivity index (χ1n) is 5.04. The number of rotatable bonds is 5. The normalized spacial score (nSPS) is 10.2. The van der Waals surface area contributed by atoms with Gasteiger partial charge in [-0.05, 0) is 24.2 Å². The number of halogens is 2. The van der Waals surface area contributed by atoms with Crippen molar-refractivity contribution < 1.29 is 4.79 Å². The summed E-state index contributed by atoms with van der Waals surface area (Å²) in [4.78, 5) is 11.3. The highest BCUT2D eigenvalue weighted by atomic mass is 35.5. The Morgan fingerprint density at radius 2 is 2.06 bits per heavy atom. The number of benzene rings is 1. The highest BCUT2D eigenvalue weighted by Gasteiger charge is 2.02. The summed E-state index contributed by atoms with van der Waals surface area (Å²) in [6.45, 7) is 3.52. The van der Waals surface area contributed by atoms with E-state index < -0.39 is 0 Å². The Balaban J connectivity index is 2.42. The van der Waals surface area contributed by atoms with E-state index in [9.17, 15) is 4.79 Å². The van der Waals surface area contributed by atoms with Gasteiger partial charge in [0.1, 0.15) is 0 Å². The van der Waals surface area contributed by atoms with Crippen LogP contribution in [0.3, 0.4) is 0 Å². The third-order valence-electron chi connectivity index (χ3n) is 2.01. The number of amides is 1. The Hall–Kier alpha value is -0.770. The predicted octanol–water partition coefficient (Wildman–Crippen LogP) is 2.22. The molecule has 1 aromatic rings. The van der Waals surface area contributed by atoms with Gasteiger partial charge in [0.15, 0.2) is 0 Å². The lowest BCUT2D eigenvalue weighted by molar-refractivity contribution is -0.120. The summed E-state index contributed by atoms with van der Waals surface area (Å²) in [5.41, 5.74) is 0.930. The SMILES string of the molecule is CCNCC(=O)NCc1ccc(Cl)c(Cl)c1. The molecule has 0 radical (unpaired) electrons. The molecule has 0 bridgehead atoms. The zero-order valence-corrected chi connectivity index (χ0v) is 10.5. The van der Waals surface area contributed by atoms with Gasteiger partial charge in [-0.3, -0.25) is 4.79 Å². The highest BCUT2D eigenvalue weighted by Crippen LogP contribution is 2.22. The summed E-state index contributed by atoms with van der Waals surface area (Å²) in [7, 11) is 0. The van der Waals surface area contributed by atoms with Gasteiger partial charge < -0.3 is 10.6 Å². The topological polar surface area (TPSA) is 41.1 Å². The monoisotopic (exact) mass is 260 g/mol. The number of carbonyl (C=O) groups excluding carboxylic acids is 1. The van der Waals surface area contributed by atoms with Gasteiger partial charge in [-0.1, -0.05) is 36.2 Å². The molecule has 1 aromatic carbocycles. The second-order valence-electron chi connectivity index (χ2n) is 3.31. The lowest BCUT2D eigenvalue weighted by Crippen LogP contribution is -2.33. The fourth-order valence-corrected chi connectivity index (χ4v) is 1.47. The number of nitrogens with one attached hydrogen (secondary N) is 2. The summed E-state index contributed by atoms with van der Waals surface area (Å²) in [6.07, 6.45) is 0. The second kappa shape index (κ2) is 6.74. The summed E-state index contributed by atoms with van der Waals surface area (Å²) in [5, 5.41) is 6.74. The van der Waals surface area contributed by atoms with Crippen molar-refractivity contribution in [1.82, 2.24) is 10.6 Å². The molecule has 0 aliphatic heterocycles. The van der Waals surface area contributed by atoms with Crippen LogP contribution < -0.4 is 10.6 Å². The van der Waals surface area contributed by atoms with E-state index >= 15 is 0 Å². The minimum Gasteiger partial charge on any atom is -0.351 e. The molecular weight excluding hydrogens is 247 g/mol. The minimum absolute atomic E-state index is 0.0343. The van der Waals surface area contributed by atoms with E-state index in [1.807, 2.05) is 13.0 Å².